The molecule has 0 N–H and O–H groups in total. The summed E-state index contributed by atoms with van der Waals surface area (Å²) in [7, 11) is -4.93. The van der Waals surface area contributed by atoms with Gasteiger partial charge in [-0.15, -0.1) is 0 Å². The summed E-state index contributed by atoms with van der Waals surface area (Å²) in [6.45, 7) is -0.966. The highest BCUT2D eigenvalue weighted by molar-refractivity contribution is 7.90. The Labute approximate surface area is 272 Å². The highest BCUT2D eigenvalue weighted by atomic mass is 35.5. The Kier molecular flexibility index (Phi) is 9.68. The van der Waals surface area contributed by atoms with Gasteiger partial charge >= 0.3 is 24.2 Å². The predicted molar refractivity (Wildman–Crippen MR) is 149 cm³/mol. The molecule has 2 aliphatic carbocycles. The Morgan fingerprint density at radius 1 is 0.979 bits per heavy atom. The van der Waals surface area contributed by atoms with Crippen LogP contribution < -0.4 is 4.74 Å². The number of hydrogen-bond donors (Lipinski definition) is 0. The van der Waals surface area contributed by atoms with Crippen molar-refractivity contribution in [3.05, 3.63) is 63.2 Å². The van der Waals surface area contributed by atoms with Crippen LogP contribution in [-0.2, 0) is 32.4 Å². The van der Waals surface area contributed by atoms with Gasteiger partial charge in [0.1, 0.15) is 29.7 Å². The Balaban J connectivity index is 1.29. The molecule has 1 saturated heterocycles. The number of carbonyl (C=O) groups is 2. The number of hydroxylamine groups is 1. The molecule has 2 saturated carbocycles. The average Bonchev–Trinajstić information content (AvgIpc) is 3.90. The van der Waals surface area contributed by atoms with E-state index >= 15 is 8.78 Å². The van der Waals surface area contributed by atoms with Gasteiger partial charge in [-0.25, -0.2) is 26.4 Å². The fourth-order valence-electron chi connectivity index (χ4n) is 5.14. The number of likely N-dealkylation sites (tertiary alicyclic amines) is 1. The standard InChI is InChI=1S/C29H26ClF9N2O6S/c30-21-10-17(28(34,35)36)9-16(24(21)32)13-40-7-5-27(33,6-8-40)14-46-23-12-22(31)20(11-19(23)15-1-2-15)25(42)41(47-26(43)29(37,38)39)48(44,45)18-3-4-18/h9-12,15,18H,1-8,13-14H2. The number of amides is 1. The van der Waals surface area contributed by atoms with Crippen molar-refractivity contribution in [1.29, 1.82) is 0 Å². The van der Waals surface area contributed by atoms with Crippen LogP contribution in [0.5, 0.6) is 5.75 Å². The molecule has 0 radical (unpaired) electrons. The van der Waals surface area contributed by atoms with Gasteiger partial charge in [-0.2, -0.15) is 26.3 Å². The highest BCUT2D eigenvalue weighted by Crippen LogP contribution is 2.46. The minimum absolute atomic E-state index is 0.0214. The lowest BCUT2D eigenvalue weighted by molar-refractivity contribution is -0.217. The summed E-state index contributed by atoms with van der Waals surface area (Å²) in [5.41, 5.74) is -4.36. The van der Waals surface area contributed by atoms with E-state index in [4.69, 9.17) is 16.3 Å². The number of rotatable bonds is 9. The second-order valence-electron chi connectivity index (χ2n) is 11.9. The summed E-state index contributed by atoms with van der Waals surface area (Å²) in [4.78, 5) is 30.0. The van der Waals surface area contributed by atoms with Gasteiger partial charge in [0.15, 0.2) is 0 Å². The molecular weight excluding hydrogens is 711 g/mol. The monoisotopic (exact) mass is 736 g/mol. The van der Waals surface area contributed by atoms with Crippen molar-refractivity contribution in [1.82, 2.24) is 9.37 Å². The minimum Gasteiger partial charge on any atom is -0.490 e. The van der Waals surface area contributed by atoms with Crippen LogP contribution in [0.1, 0.15) is 71.5 Å². The molecule has 0 spiro atoms. The van der Waals surface area contributed by atoms with Gasteiger partial charge in [-0.3, -0.25) is 9.69 Å². The van der Waals surface area contributed by atoms with Gasteiger partial charge in [-0.05, 0) is 68.2 Å². The smallest absolute Gasteiger partial charge is 0.490 e. The van der Waals surface area contributed by atoms with Crippen molar-refractivity contribution in [2.45, 2.75) is 74.3 Å². The van der Waals surface area contributed by atoms with E-state index in [1.165, 1.54) is 4.90 Å². The molecule has 0 bridgehead atoms. The third kappa shape index (κ3) is 7.96. The summed E-state index contributed by atoms with van der Waals surface area (Å²) >= 11 is 5.65. The number of ether oxygens (including phenoxy) is 1. The number of halogens is 10. The summed E-state index contributed by atoms with van der Waals surface area (Å²) < 4.78 is 154. The molecule has 1 amide bonds. The molecule has 1 aliphatic heterocycles. The van der Waals surface area contributed by atoms with Crippen LogP contribution in [0.3, 0.4) is 0 Å². The normalized spacial score (nSPS) is 18.8. The summed E-state index contributed by atoms with van der Waals surface area (Å²) in [6, 6.07) is 2.62. The first-order valence-electron chi connectivity index (χ1n) is 14.5. The van der Waals surface area contributed by atoms with Crippen molar-refractivity contribution in [2.24, 2.45) is 0 Å². The Bertz CT molecular complexity index is 1700. The molecule has 264 valence electrons. The number of alkyl halides is 7. The SMILES string of the molecule is O=C(c1cc(C2CC2)c(OCC2(F)CCN(Cc3cc(C(F)(F)F)cc(Cl)c3F)CC2)cc1F)N(OC(=O)C(F)(F)F)S(=O)(=O)C1CC1. The number of nitrogens with zero attached hydrogens (tertiary/aromatic N) is 2. The van der Waals surface area contributed by atoms with Gasteiger partial charge < -0.3 is 9.57 Å². The molecule has 19 heteroatoms. The molecule has 8 nitrogen and oxygen atoms in total. The van der Waals surface area contributed by atoms with Crippen molar-refractivity contribution in [3.8, 4) is 5.75 Å². The summed E-state index contributed by atoms with van der Waals surface area (Å²) in [5.74, 6) is -7.92. The van der Waals surface area contributed by atoms with Crippen LogP contribution in [0, 0.1) is 11.6 Å². The minimum atomic E-state index is -5.67. The largest absolute Gasteiger partial charge is 0.493 e. The van der Waals surface area contributed by atoms with Gasteiger partial charge in [0.25, 0.3) is 10.0 Å². The van der Waals surface area contributed by atoms with Crippen LogP contribution in [0.25, 0.3) is 0 Å². The maximum Gasteiger partial charge on any atom is 0.493 e. The number of piperidine rings is 1. The van der Waals surface area contributed by atoms with Crippen molar-refractivity contribution in [2.75, 3.05) is 19.7 Å². The second kappa shape index (κ2) is 12.9. The van der Waals surface area contributed by atoms with Crippen LogP contribution >= 0.6 is 11.6 Å². The molecule has 2 aromatic carbocycles. The fourth-order valence-corrected chi connectivity index (χ4v) is 6.88. The van der Waals surface area contributed by atoms with Crippen LogP contribution in [-0.4, -0.2) is 66.5 Å². The molecule has 48 heavy (non-hydrogen) atoms. The lowest BCUT2D eigenvalue weighted by atomic mass is 9.93. The lowest BCUT2D eigenvalue weighted by Crippen LogP contribution is -2.45. The van der Waals surface area contributed by atoms with E-state index in [1.807, 2.05) is 0 Å². The van der Waals surface area contributed by atoms with E-state index in [0.717, 1.165) is 6.07 Å². The van der Waals surface area contributed by atoms with Gasteiger partial charge in [0.05, 0.1) is 21.4 Å². The molecule has 3 aliphatic rings. The molecule has 1 heterocycles. The third-order valence-corrected chi connectivity index (χ3v) is 10.4. The number of sulfonamides is 1. The van der Waals surface area contributed by atoms with Crippen molar-refractivity contribution >= 4 is 33.5 Å². The zero-order valence-electron chi connectivity index (χ0n) is 24.6. The lowest BCUT2D eigenvalue weighted by Gasteiger charge is -2.36. The van der Waals surface area contributed by atoms with E-state index in [2.05, 4.69) is 4.84 Å². The second-order valence-corrected chi connectivity index (χ2v) is 14.4. The average molecular weight is 737 g/mol. The van der Waals surface area contributed by atoms with E-state index in [1.54, 1.807) is 0 Å². The van der Waals surface area contributed by atoms with Gasteiger partial charge in [0, 0.05) is 31.3 Å². The fraction of sp³-hybridized carbons (Fsp3) is 0.517. The number of benzene rings is 2. The molecule has 0 unspecified atom stereocenters. The summed E-state index contributed by atoms with van der Waals surface area (Å²) in [6.07, 6.45) is -9.90. The first-order valence-corrected chi connectivity index (χ1v) is 16.4. The molecule has 0 aromatic heterocycles. The van der Waals surface area contributed by atoms with Crippen molar-refractivity contribution < 1.29 is 67.1 Å². The van der Waals surface area contributed by atoms with Gasteiger partial charge in [-0.1, -0.05) is 16.1 Å². The molecule has 0 atom stereocenters. The third-order valence-electron chi connectivity index (χ3n) is 8.15. The Morgan fingerprint density at radius 2 is 1.60 bits per heavy atom. The molecular formula is C29H26ClF9N2O6S. The topological polar surface area (TPSA) is 93.2 Å². The Morgan fingerprint density at radius 3 is 2.15 bits per heavy atom. The van der Waals surface area contributed by atoms with E-state index in [0.29, 0.717) is 31.0 Å². The quantitative estimate of drug-likeness (QED) is 0.205. The number of hydrogen-bond acceptors (Lipinski definition) is 7. The molecule has 3 fully saturated rings. The highest BCUT2D eigenvalue weighted by Gasteiger charge is 2.50. The first-order chi connectivity index (χ1) is 22.2. The Hall–Kier alpha value is -3.25. The zero-order chi connectivity index (χ0) is 35.4. The van der Waals surface area contributed by atoms with E-state index in [9.17, 15) is 48.7 Å². The molecule has 5 rings (SSSR count). The summed E-state index contributed by atoms with van der Waals surface area (Å²) in [5, 5.41) is -2.03. The van der Waals surface area contributed by atoms with Gasteiger partial charge in [0.2, 0.25) is 0 Å². The first kappa shape index (κ1) is 36.0. The maximum atomic E-state index is 15.8. The van der Waals surface area contributed by atoms with Crippen LogP contribution in [0.15, 0.2) is 24.3 Å². The number of carbonyl (C=O) groups excluding carboxylic acids is 2. The van der Waals surface area contributed by atoms with Crippen LogP contribution in [0.4, 0.5) is 39.5 Å². The molecule has 2 aromatic rings. The van der Waals surface area contributed by atoms with Crippen molar-refractivity contribution in [3.63, 3.8) is 0 Å². The van der Waals surface area contributed by atoms with E-state index < -0.39 is 84.0 Å². The van der Waals surface area contributed by atoms with Crippen LogP contribution in [0.2, 0.25) is 5.02 Å². The zero-order valence-corrected chi connectivity index (χ0v) is 26.1. The maximum absolute atomic E-state index is 15.8. The van der Waals surface area contributed by atoms with E-state index in [-0.39, 0.29) is 68.1 Å². The predicted octanol–water partition coefficient (Wildman–Crippen LogP) is 6.85.